The molecular formula is C19H20N2O3. The zero-order valence-corrected chi connectivity index (χ0v) is 13.3. The highest BCUT2D eigenvalue weighted by Crippen LogP contribution is 2.26. The SMILES string of the molecule is O=C(NNC(=O)c1ccc(-c2ccccc2)cc1)OCC1CCC1. The quantitative estimate of drug-likeness (QED) is 0.846. The third-order valence-electron chi connectivity index (χ3n) is 4.21. The molecule has 0 saturated heterocycles. The average Bonchev–Trinajstić information content (AvgIpc) is 2.59. The van der Waals surface area contributed by atoms with Gasteiger partial charge in [0.05, 0.1) is 6.61 Å². The highest BCUT2D eigenvalue weighted by Gasteiger charge is 2.19. The molecular weight excluding hydrogens is 304 g/mol. The zero-order chi connectivity index (χ0) is 16.8. The number of carbonyl (C=O) groups is 2. The normalized spacial score (nSPS) is 13.7. The van der Waals surface area contributed by atoms with Gasteiger partial charge in [-0.25, -0.2) is 10.2 Å². The Bertz CT molecular complexity index is 694. The summed E-state index contributed by atoms with van der Waals surface area (Å²) in [4.78, 5) is 23.5. The molecule has 24 heavy (non-hydrogen) atoms. The van der Waals surface area contributed by atoms with E-state index in [4.69, 9.17) is 4.74 Å². The molecule has 0 spiro atoms. The molecule has 0 bridgehead atoms. The monoisotopic (exact) mass is 324 g/mol. The van der Waals surface area contributed by atoms with Gasteiger partial charge in [-0.1, -0.05) is 48.9 Å². The van der Waals surface area contributed by atoms with Crippen molar-refractivity contribution in [1.82, 2.24) is 10.9 Å². The molecule has 1 saturated carbocycles. The van der Waals surface area contributed by atoms with Gasteiger partial charge in [-0.15, -0.1) is 0 Å². The van der Waals surface area contributed by atoms with Crippen LogP contribution in [0.15, 0.2) is 54.6 Å². The summed E-state index contributed by atoms with van der Waals surface area (Å²) in [6.45, 7) is 0.410. The van der Waals surface area contributed by atoms with Crippen molar-refractivity contribution in [3.63, 3.8) is 0 Å². The largest absolute Gasteiger partial charge is 0.448 e. The van der Waals surface area contributed by atoms with Crippen LogP contribution >= 0.6 is 0 Å². The molecule has 0 radical (unpaired) electrons. The minimum atomic E-state index is -0.629. The summed E-state index contributed by atoms with van der Waals surface area (Å²) in [5, 5.41) is 0. The number of ether oxygens (including phenoxy) is 1. The molecule has 5 nitrogen and oxygen atoms in total. The van der Waals surface area contributed by atoms with E-state index in [-0.39, 0.29) is 5.91 Å². The van der Waals surface area contributed by atoms with Crippen molar-refractivity contribution >= 4 is 12.0 Å². The number of hydrogen-bond donors (Lipinski definition) is 2. The maximum absolute atomic E-state index is 12.0. The van der Waals surface area contributed by atoms with Gasteiger partial charge in [-0.3, -0.25) is 10.2 Å². The lowest BCUT2D eigenvalue weighted by molar-refractivity contribution is 0.0856. The Hall–Kier alpha value is -2.82. The molecule has 0 aromatic heterocycles. The van der Waals surface area contributed by atoms with Gasteiger partial charge in [0, 0.05) is 5.56 Å². The van der Waals surface area contributed by atoms with Crippen LogP contribution in [0.3, 0.4) is 0 Å². The van der Waals surface area contributed by atoms with Crippen molar-refractivity contribution in [3.8, 4) is 11.1 Å². The van der Waals surface area contributed by atoms with E-state index in [9.17, 15) is 9.59 Å². The number of nitrogens with one attached hydrogen (secondary N) is 2. The fourth-order valence-corrected chi connectivity index (χ4v) is 2.51. The van der Waals surface area contributed by atoms with Crippen LogP contribution < -0.4 is 10.9 Å². The lowest BCUT2D eigenvalue weighted by atomic mass is 9.86. The smallest absolute Gasteiger partial charge is 0.426 e. The summed E-state index contributed by atoms with van der Waals surface area (Å²) in [6.07, 6.45) is 2.78. The van der Waals surface area contributed by atoms with Crippen LogP contribution in [0.25, 0.3) is 11.1 Å². The molecule has 124 valence electrons. The predicted molar refractivity (Wildman–Crippen MR) is 91.2 cm³/mol. The van der Waals surface area contributed by atoms with E-state index in [1.807, 2.05) is 42.5 Å². The fraction of sp³-hybridized carbons (Fsp3) is 0.263. The summed E-state index contributed by atoms with van der Waals surface area (Å²) >= 11 is 0. The van der Waals surface area contributed by atoms with E-state index in [1.165, 1.54) is 6.42 Å². The van der Waals surface area contributed by atoms with Crippen LogP contribution in [-0.4, -0.2) is 18.6 Å². The van der Waals surface area contributed by atoms with Gasteiger partial charge in [0.15, 0.2) is 0 Å². The molecule has 1 aliphatic carbocycles. The third kappa shape index (κ3) is 4.13. The van der Waals surface area contributed by atoms with Crippen LogP contribution in [0, 0.1) is 5.92 Å². The standard InChI is InChI=1S/C19H20N2O3/c22-18(20-21-19(23)24-13-14-5-4-6-14)17-11-9-16(10-12-17)15-7-2-1-3-8-15/h1-3,7-12,14H,4-6,13H2,(H,20,22)(H,21,23). The second kappa shape index (κ2) is 7.64. The minimum absolute atomic E-state index is 0.379. The molecule has 0 atom stereocenters. The Kier molecular flexibility index (Phi) is 5.11. The first kappa shape index (κ1) is 16.1. The number of rotatable bonds is 4. The fourth-order valence-electron chi connectivity index (χ4n) is 2.51. The summed E-state index contributed by atoms with van der Waals surface area (Å²) in [7, 11) is 0. The summed E-state index contributed by atoms with van der Waals surface area (Å²) in [5.41, 5.74) is 7.20. The topological polar surface area (TPSA) is 67.4 Å². The van der Waals surface area contributed by atoms with Crippen LogP contribution in [0.1, 0.15) is 29.6 Å². The minimum Gasteiger partial charge on any atom is -0.448 e. The molecule has 2 aromatic rings. The summed E-state index contributed by atoms with van der Waals surface area (Å²) in [6, 6.07) is 17.1. The highest BCUT2D eigenvalue weighted by atomic mass is 16.6. The Labute approximate surface area is 141 Å². The van der Waals surface area contributed by atoms with Crippen LogP contribution in [0.5, 0.6) is 0 Å². The van der Waals surface area contributed by atoms with Gasteiger partial charge < -0.3 is 4.74 Å². The van der Waals surface area contributed by atoms with Crippen molar-refractivity contribution < 1.29 is 14.3 Å². The van der Waals surface area contributed by atoms with E-state index in [0.29, 0.717) is 18.1 Å². The maximum atomic E-state index is 12.0. The first-order valence-electron chi connectivity index (χ1n) is 8.11. The molecule has 2 N–H and O–H groups in total. The van der Waals surface area contributed by atoms with E-state index in [2.05, 4.69) is 10.9 Å². The molecule has 0 unspecified atom stereocenters. The number of amides is 2. The van der Waals surface area contributed by atoms with Crippen LogP contribution in [-0.2, 0) is 4.74 Å². The molecule has 2 aromatic carbocycles. The van der Waals surface area contributed by atoms with Crippen molar-refractivity contribution in [2.45, 2.75) is 19.3 Å². The van der Waals surface area contributed by atoms with Gasteiger partial charge in [-0.05, 0) is 42.0 Å². The number of benzene rings is 2. The third-order valence-corrected chi connectivity index (χ3v) is 4.21. The van der Waals surface area contributed by atoms with Crippen molar-refractivity contribution in [2.75, 3.05) is 6.61 Å². The van der Waals surface area contributed by atoms with Crippen molar-refractivity contribution in [2.24, 2.45) is 5.92 Å². The molecule has 5 heteroatoms. The van der Waals surface area contributed by atoms with Gasteiger partial charge in [0.1, 0.15) is 0 Å². The highest BCUT2D eigenvalue weighted by molar-refractivity contribution is 5.95. The first-order valence-corrected chi connectivity index (χ1v) is 8.11. The Morgan fingerprint density at radius 3 is 2.21 bits per heavy atom. The molecule has 0 heterocycles. The van der Waals surface area contributed by atoms with E-state index in [0.717, 1.165) is 24.0 Å². The van der Waals surface area contributed by atoms with Crippen molar-refractivity contribution in [1.29, 1.82) is 0 Å². The van der Waals surface area contributed by atoms with Gasteiger partial charge in [0.25, 0.3) is 5.91 Å². The Morgan fingerprint density at radius 1 is 0.917 bits per heavy atom. The predicted octanol–water partition coefficient (Wildman–Crippen LogP) is 3.52. The summed E-state index contributed by atoms with van der Waals surface area (Å²) < 4.78 is 5.04. The van der Waals surface area contributed by atoms with Gasteiger partial charge >= 0.3 is 6.09 Å². The number of hydrogen-bond acceptors (Lipinski definition) is 3. The first-order chi connectivity index (χ1) is 11.7. The van der Waals surface area contributed by atoms with Crippen LogP contribution in [0.4, 0.5) is 4.79 Å². The van der Waals surface area contributed by atoms with E-state index < -0.39 is 6.09 Å². The number of hydrazine groups is 1. The van der Waals surface area contributed by atoms with Crippen LogP contribution in [0.2, 0.25) is 0 Å². The second-order valence-electron chi connectivity index (χ2n) is 5.92. The molecule has 0 aliphatic heterocycles. The summed E-state index contributed by atoms with van der Waals surface area (Å²) in [5.74, 6) is 0.0900. The molecule has 2 amide bonds. The lowest BCUT2D eigenvalue weighted by Gasteiger charge is -2.24. The molecule has 1 fully saturated rings. The Balaban J connectivity index is 1.48. The van der Waals surface area contributed by atoms with Gasteiger partial charge in [-0.2, -0.15) is 0 Å². The van der Waals surface area contributed by atoms with Crippen molar-refractivity contribution in [3.05, 3.63) is 60.2 Å². The second-order valence-corrected chi connectivity index (χ2v) is 5.92. The van der Waals surface area contributed by atoms with E-state index in [1.54, 1.807) is 12.1 Å². The lowest BCUT2D eigenvalue weighted by Crippen LogP contribution is -2.42. The molecule has 1 aliphatic rings. The maximum Gasteiger partial charge on any atom is 0.426 e. The zero-order valence-electron chi connectivity index (χ0n) is 13.3. The average molecular weight is 324 g/mol. The number of carbonyl (C=O) groups excluding carboxylic acids is 2. The molecule has 3 rings (SSSR count). The van der Waals surface area contributed by atoms with E-state index >= 15 is 0 Å². The van der Waals surface area contributed by atoms with Gasteiger partial charge in [0.2, 0.25) is 0 Å². The Morgan fingerprint density at radius 2 is 1.58 bits per heavy atom.